The minimum atomic E-state index is -0.893. The summed E-state index contributed by atoms with van der Waals surface area (Å²) >= 11 is 0. The van der Waals surface area contributed by atoms with Gasteiger partial charge in [0, 0.05) is 0 Å². The Morgan fingerprint density at radius 1 is 1.44 bits per heavy atom. The van der Waals surface area contributed by atoms with E-state index in [9.17, 15) is 0 Å². The Balaban J connectivity index is 3.20. The van der Waals surface area contributed by atoms with Crippen LogP contribution < -0.4 is 0 Å². The molecule has 9 heavy (non-hydrogen) atoms. The van der Waals surface area contributed by atoms with Gasteiger partial charge < -0.3 is 0 Å². The van der Waals surface area contributed by atoms with E-state index in [2.05, 4.69) is 34.1 Å². The van der Waals surface area contributed by atoms with Gasteiger partial charge in [-0.15, -0.1) is 0 Å². The second-order valence-electron chi connectivity index (χ2n) is 3.25. The first kappa shape index (κ1) is 9.39. The molecule has 0 amide bonds. The van der Waals surface area contributed by atoms with E-state index in [-0.39, 0.29) is 0 Å². The molecule has 0 aliphatic heterocycles. The molecule has 0 bridgehead atoms. The van der Waals surface area contributed by atoms with Gasteiger partial charge in [-0.3, -0.25) is 0 Å². The molecule has 0 aromatic heterocycles. The van der Waals surface area contributed by atoms with Crippen molar-refractivity contribution in [3.8, 4) is 5.81 Å². The van der Waals surface area contributed by atoms with Crippen LogP contribution in [0.15, 0.2) is 0 Å². The van der Waals surface area contributed by atoms with E-state index in [1.54, 1.807) is 0 Å². The zero-order valence-electron chi connectivity index (χ0n) is 6.27. The van der Waals surface area contributed by atoms with Gasteiger partial charge in [-0.2, -0.15) is 0 Å². The topological polar surface area (TPSA) is 9.23 Å². The summed E-state index contributed by atoms with van der Waals surface area (Å²) in [7, 11) is 2.80. The first-order valence-electron chi connectivity index (χ1n) is 3.07. The summed E-state index contributed by atoms with van der Waals surface area (Å²) < 4.78 is 4.86. The summed E-state index contributed by atoms with van der Waals surface area (Å²) in [4.78, 5) is 0. The number of rotatable bonds is 3. The Bertz CT molecular complexity index is 111. The molecule has 0 saturated carbocycles. The van der Waals surface area contributed by atoms with Crippen molar-refractivity contribution >= 4 is 16.8 Å². The molecule has 0 radical (unpaired) electrons. The summed E-state index contributed by atoms with van der Waals surface area (Å²) in [6, 6.07) is 1.18. The van der Waals surface area contributed by atoms with Crippen molar-refractivity contribution < 1.29 is 4.74 Å². The molecule has 0 aromatic rings. The van der Waals surface area contributed by atoms with Gasteiger partial charge in [-0.25, -0.2) is 0 Å². The molecule has 52 valence electrons. The van der Waals surface area contributed by atoms with Gasteiger partial charge in [0.25, 0.3) is 0 Å². The average Bonchev–Trinajstić information content (AvgIpc) is 1.63. The summed E-state index contributed by atoms with van der Waals surface area (Å²) in [6.45, 7) is 7.72. The van der Waals surface area contributed by atoms with Gasteiger partial charge >= 0.3 is 59.6 Å². The fourth-order valence-corrected chi connectivity index (χ4v) is 1.21. The molecule has 0 spiro atoms. The van der Waals surface area contributed by atoms with E-state index < -0.39 is 8.07 Å². The Morgan fingerprint density at radius 3 is 2.33 bits per heavy atom. The van der Waals surface area contributed by atoms with Gasteiger partial charge in [-0.1, -0.05) is 0 Å². The normalized spacial score (nSPS) is 10.9. The van der Waals surface area contributed by atoms with E-state index in [4.69, 9.17) is 4.74 Å². The molecule has 0 aromatic carbocycles. The van der Waals surface area contributed by atoms with Gasteiger partial charge in [0.2, 0.25) is 0 Å². The summed E-state index contributed by atoms with van der Waals surface area (Å²) in [5, 5.41) is 0. The Morgan fingerprint density at radius 2 is 2.00 bits per heavy atom. The molecule has 0 aliphatic carbocycles. The third-order valence-electron chi connectivity index (χ3n) is 1.02. The monoisotopic (exact) mass is 160 g/mol. The number of hydrogen-bond donors (Lipinski definition) is 0. The van der Waals surface area contributed by atoms with Gasteiger partial charge in [0.1, 0.15) is 0 Å². The fraction of sp³-hybridized carbons (Fsp3) is 0.833. The van der Waals surface area contributed by atoms with Crippen LogP contribution >= 0.6 is 8.70 Å². The van der Waals surface area contributed by atoms with Gasteiger partial charge in [0.05, 0.1) is 0 Å². The van der Waals surface area contributed by atoms with Crippen LogP contribution in [0.3, 0.4) is 0 Å². The van der Waals surface area contributed by atoms with Gasteiger partial charge in [-0.05, 0) is 0 Å². The second kappa shape index (κ2) is 4.24. The first-order valence-corrected chi connectivity index (χ1v) is 7.22. The Kier molecular flexibility index (Phi) is 4.42. The SMILES string of the molecule is C[Si](C)(C)CCOC#P. The first-order chi connectivity index (χ1) is 4.06. The van der Waals surface area contributed by atoms with Gasteiger partial charge in [0.15, 0.2) is 0 Å². The van der Waals surface area contributed by atoms with Crippen LogP contribution in [0, 0.1) is 5.81 Å². The zero-order valence-corrected chi connectivity index (χ0v) is 8.16. The van der Waals surface area contributed by atoms with Crippen LogP contribution in [-0.4, -0.2) is 14.7 Å². The molecular formula is C6H13OPSi. The summed E-state index contributed by atoms with van der Waals surface area (Å²) in [5.74, 6) is 2.36. The predicted octanol–water partition coefficient (Wildman–Crippen LogP) is 2.67. The van der Waals surface area contributed by atoms with E-state index in [0.717, 1.165) is 6.61 Å². The number of hydrogen-bond acceptors (Lipinski definition) is 1. The molecule has 0 heterocycles. The van der Waals surface area contributed by atoms with Crippen LogP contribution in [0.2, 0.25) is 25.7 Å². The molecular weight excluding hydrogens is 147 g/mol. The maximum absolute atomic E-state index is 4.86. The van der Waals surface area contributed by atoms with Crippen molar-refractivity contribution in [2.75, 3.05) is 6.61 Å². The quantitative estimate of drug-likeness (QED) is 0.350. The van der Waals surface area contributed by atoms with Crippen molar-refractivity contribution in [2.45, 2.75) is 25.7 Å². The van der Waals surface area contributed by atoms with Crippen molar-refractivity contribution in [1.82, 2.24) is 0 Å². The second-order valence-corrected chi connectivity index (χ2v) is 9.05. The van der Waals surface area contributed by atoms with Crippen LogP contribution in [0.5, 0.6) is 0 Å². The molecule has 0 rings (SSSR count). The minimum absolute atomic E-state index is 0.777. The molecule has 0 fully saturated rings. The molecule has 3 heteroatoms. The molecule has 1 nitrogen and oxygen atoms in total. The molecule has 0 atom stereocenters. The maximum atomic E-state index is 4.86. The van der Waals surface area contributed by atoms with E-state index in [1.165, 1.54) is 6.04 Å². The fourth-order valence-electron chi connectivity index (χ4n) is 0.403. The van der Waals surface area contributed by atoms with E-state index in [0.29, 0.717) is 0 Å². The van der Waals surface area contributed by atoms with Crippen molar-refractivity contribution in [3.63, 3.8) is 0 Å². The molecule has 0 saturated heterocycles. The van der Waals surface area contributed by atoms with E-state index >= 15 is 0 Å². The third kappa shape index (κ3) is 8.39. The summed E-state index contributed by atoms with van der Waals surface area (Å²) in [6.07, 6.45) is 0. The average molecular weight is 160 g/mol. The van der Waals surface area contributed by atoms with Crippen LogP contribution in [0.25, 0.3) is 0 Å². The van der Waals surface area contributed by atoms with Crippen molar-refractivity contribution in [3.05, 3.63) is 0 Å². The Labute approximate surface area is 60.3 Å². The van der Waals surface area contributed by atoms with Crippen molar-refractivity contribution in [1.29, 1.82) is 0 Å². The number of ether oxygens (including phenoxy) is 1. The zero-order chi connectivity index (χ0) is 7.33. The third-order valence-corrected chi connectivity index (χ3v) is 2.85. The van der Waals surface area contributed by atoms with E-state index in [1.807, 2.05) is 0 Å². The van der Waals surface area contributed by atoms with Crippen LogP contribution in [0.4, 0.5) is 0 Å². The molecule has 0 unspecified atom stereocenters. The molecule has 0 aliphatic rings. The Hall–Kier alpha value is 0.387. The standard InChI is InChI=1S/C6H13OPSi/c1-9(2,3)5-4-7-6-8/h4-5H2,1-3H3. The predicted molar refractivity (Wildman–Crippen MR) is 44.9 cm³/mol. The van der Waals surface area contributed by atoms with Crippen molar-refractivity contribution in [2.24, 2.45) is 0 Å². The molecule has 0 N–H and O–H groups in total. The van der Waals surface area contributed by atoms with Crippen LogP contribution in [0.1, 0.15) is 0 Å². The van der Waals surface area contributed by atoms with Crippen LogP contribution in [-0.2, 0) is 4.74 Å². The summed E-state index contributed by atoms with van der Waals surface area (Å²) in [5.41, 5.74) is 0.